The quantitative estimate of drug-likeness (QED) is 0.877. The number of nitrogens with one attached hydrogen (secondary N) is 1. The predicted molar refractivity (Wildman–Crippen MR) is 103 cm³/mol. The Morgan fingerprint density at radius 2 is 2.00 bits per heavy atom. The Kier molecular flexibility index (Phi) is 5.64. The molecule has 0 radical (unpaired) electrons. The van der Waals surface area contributed by atoms with Crippen LogP contribution < -0.4 is 14.8 Å². The zero-order chi connectivity index (χ0) is 19.4. The first kappa shape index (κ1) is 18.8. The summed E-state index contributed by atoms with van der Waals surface area (Å²) in [6.45, 7) is 4.58. The van der Waals surface area contributed by atoms with Gasteiger partial charge < -0.3 is 19.7 Å². The summed E-state index contributed by atoms with van der Waals surface area (Å²) in [6.07, 6.45) is 0.870. The third kappa shape index (κ3) is 4.22. The van der Waals surface area contributed by atoms with Crippen molar-refractivity contribution in [2.24, 2.45) is 0 Å². The van der Waals surface area contributed by atoms with Gasteiger partial charge in [-0.3, -0.25) is 9.59 Å². The molecule has 0 spiro atoms. The molecule has 1 unspecified atom stereocenters. The molecule has 1 heterocycles. The molecule has 2 amide bonds. The van der Waals surface area contributed by atoms with E-state index in [2.05, 4.69) is 12.2 Å². The van der Waals surface area contributed by atoms with Crippen LogP contribution in [0.5, 0.6) is 11.5 Å². The van der Waals surface area contributed by atoms with Crippen molar-refractivity contribution in [3.63, 3.8) is 0 Å². The minimum Gasteiger partial charge on any atom is -0.497 e. The largest absolute Gasteiger partial charge is 0.497 e. The maximum Gasteiger partial charge on any atom is 0.261 e. The molecule has 0 fully saturated rings. The molecule has 1 aliphatic rings. The second kappa shape index (κ2) is 8.12. The minimum absolute atomic E-state index is 0.0237. The van der Waals surface area contributed by atoms with Crippen LogP contribution in [-0.2, 0) is 11.3 Å². The highest BCUT2D eigenvalue weighted by Gasteiger charge is 2.25. The highest BCUT2D eigenvalue weighted by atomic mass is 16.5. The van der Waals surface area contributed by atoms with Crippen LogP contribution >= 0.6 is 0 Å². The first-order chi connectivity index (χ1) is 13.0. The van der Waals surface area contributed by atoms with Crippen molar-refractivity contribution in [1.29, 1.82) is 0 Å². The summed E-state index contributed by atoms with van der Waals surface area (Å²) in [7, 11) is 1.58. The van der Waals surface area contributed by atoms with Crippen LogP contribution in [0.25, 0.3) is 0 Å². The van der Waals surface area contributed by atoms with Crippen LogP contribution in [0, 0.1) is 0 Å². The van der Waals surface area contributed by atoms with E-state index in [4.69, 9.17) is 9.47 Å². The number of carbonyl (C=O) groups excluding carboxylic acids is 2. The number of hydrogen-bond acceptors (Lipinski definition) is 4. The summed E-state index contributed by atoms with van der Waals surface area (Å²) in [6, 6.07) is 12.5. The fourth-order valence-corrected chi connectivity index (χ4v) is 2.98. The number of anilines is 1. The Hall–Kier alpha value is -3.02. The SMILES string of the molecule is CCC(C)N1Cc2cc(NC(=O)c3ccc(OC)cc3)ccc2OCC1=O. The lowest BCUT2D eigenvalue weighted by molar-refractivity contribution is -0.135. The molecule has 0 saturated carbocycles. The van der Waals surface area contributed by atoms with Crippen molar-refractivity contribution in [2.45, 2.75) is 32.9 Å². The Morgan fingerprint density at radius 1 is 1.26 bits per heavy atom. The molecule has 142 valence electrons. The van der Waals surface area contributed by atoms with Gasteiger partial charge in [0, 0.05) is 29.4 Å². The van der Waals surface area contributed by atoms with E-state index in [1.807, 2.05) is 17.9 Å². The fourth-order valence-electron chi connectivity index (χ4n) is 2.98. The number of nitrogens with zero attached hydrogens (tertiary/aromatic N) is 1. The summed E-state index contributed by atoms with van der Waals surface area (Å²) >= 11 is 0. The van der Waals surface area contributed by atoms with E-state index >= 15 is 0 Å². The number of carbonyl (C=O) groups is 2. The molecule has 3 rings (SSSR count). The maximum atomic E-state index is 12.5. The third-order valence-corrected chi connectivity index (χ3v) is 4.81. The van der Waals surface area contributed by atoms with Crippen LogP contribution in [0.1, 0.15) is 36.2 Å². The summed E-state index contributed by atoms with van der Waals surface area (Å²) in [5.41, 5.74) is 2.09. The van der Waals surface area contributed by atoms with Gasteiger partial charge >= 0.3 is 0 Å². The number of hydrogen-bond donors (Lipinski definition) is 1. The molecule has 2 aromatic carbocycles. The normalized spacial score (nSPS) is 14.6. The Labute approximate surface area is 159 Å². The van der Waals surface area contributed by atoms with Crippen molar-refractivity contribution < 1.29 is 19.1 Å². The van der Waals surface area contributed by atoms with Crippen molar-refractivity contribution in [3.8, 4) is 11.5 Å². The second-order valence-corrected chi connectivity index (χ2v) is 6.57. The molecule has 0 aliphatic carbocycles. The van der Waals surface area contributed by atoms with Crippen LogP contribution in [-0.4, -0.2) is 36.5 Å². The van der Waals surface area contributed by atoms with Gasteiger partial charge in [-0.05, 0) is 55.8 Å². The molecule has 0 bridgehead atoms. The van der Waals surface area contributed by atoms with Crippen LogP contribution in [0.2, 0.25) is 0 Å². The van der Waals surface area contributed by atoms with E-state index in [0.717, 1.165) is 12.0 Å². The molecular formula is C21H24N2O4. The Morgan fingerprint density at radius 3 is 2.67 bits per heavy atom. The number of fused-ring (bicyclic) bond motifs is 1. The molecule has 6 heteroatoms. The molecule has 1 aliphatic heterocycles. The zero-order valence-corrected chi connectivity index (χ0v) is 15.8. The van der Waals surface area contributed by atoms with Crippen molar-refractivity contribution in [3.05, 3.63) is 53.6 Å². The van der Waals surface area contributed by atoms with E-state index in [1.54, 1.807) is 43.5 Å². The van der Waals surface area contributed by atoms with E-state index in [-0.39, 0.29) is 24.5 Å². The monoisotopic (exact) mass is 368 g/mol. The lowest BCUT2D eigenvalue weighted by atomic mass is 10.1. The topological polar surface area (TPSA) is 67.9 Å². The summed E-state index contributed by atoms with van der Waals surface area (Å²) < 4.78 is 10.7. The lowest BCUT2D eigenvalue weighted by Gasteiger charge is -2.26. The van der Waals surface area contributed by atoms with Gasteiger partial charge in [0.2, 0.25) is 0 Å². The average molecular weight is 368 g/mol. The van der Waals surface area contributed by atoms with E-state index < -0.39 is 0 Å². The van der Waals surface area contributed by atoms with E-state index in [1.165, 1.54) is 0 Å². The minimum atomic E-state index is -0.206. The van der Waals surface area contributed by atoms with Gasteiger partial charge in [0.15, 0.2) is 6.61 Å². The fraction of sp³-hybridized carbons (Fsp3) is 0.333. The molecular weight excluding hydrogens is 344 g/mol. The Balaban J connectivity index is 1.78. The highest BCUT2D eigenvalue weighted by molar-refractivity contribution is 6.04. The van der Waals surface area contributed by atoms with Gasteiger partial charge in [-0.2, -0.15) is 0 Å². The standard InChI is InChI=1S/C21H24N2O4/c1-4-14(2)23-12-16-11-17(7-10-19(16)27-13-20(23)24)22-21(25)15-5-8-18(26-3)9-6-15/h5-11,14H,4,12-13H2,1-3H3,(H,22,25). The highest BCUT2D eigenvalue weighted by Crippen LogP contribution is 2.28. The summed E-state index contributed by atoms with van der Waals surface area (Å²) in [5.74, 6) is 1.14. The van der Waals surface area contributed by atoms with E-state index in [0.29, 0.717) is 29.3 Å². The van der Waals surface area contributed by atoms with Crippen molar-refractivity contribution in [1.82, 2.24) is 4.90 Å². The number of methoxy groups -OCH3 is 1. The molecule has 0 aromatic heterocycles. The van der Waals surface area contributed by atoms with Gasteiger partial charge in [0.1, 0.15) is 11.5 Å². The average Bonchev–Trinajstić information content (AvgIpc) is 2.86. The maximum absolute atomic E-state index is 12.5. The second-order valence-electron chi connectivity index (χ2n) is 6.57. The molecule has 0 saturated heterocycles. The van der Waals surface area contributed by atoms with Crippen LogP contribution in [0.15, 0.2) is 42.5 Å². The lowest BCUT2D eigenvalue weighted by Crippen LogP contribution is -2.39. The van der Waals surface area contributed by atoms with Crippen molar-refractivity contribution >= 4 is 17.5 Å². The number of ether oxygens (including phenoxy) is 2. The van der Waals surface area contributed by atoms with Gasteiger partial charge in [0.25, 0.3) is 11.8 Å². The van der Waals surface area contributed by atoms with Gasteiger partial charge in [-0.25, -0.2) is 0 Å². The van der Waals surface area contributed by atoms with Gasteiger partial charge in [-0.1, -0.05) is 6.92 Å². The Bertz CT molecular complexity index is 833. The number of benzene rings is 2. The van der Waals surface area contributed by atoms with Crippen molar-refractivity contribution in [2.75, 3.05) is 19.0 Å². The van der Waals surface area contributed by atoms with Gasteiger partial charge in [0.05, 0.1) is 7.11 Å². The smallest absolute Gasteiger partial charge is 0.261 e. The van der Waals surface area contributed by atoms with Crippen LogP contribution in [0.3, 0.4) is 0 Å². The van der Waals surface area contributed by atoms with E-state index in [9.17, 15) is 9.59 Å². The molecule has 27 heavy (non-hydrogen) atoms. The van der Waals surface area contributed by atoms with Crippen LogP contribution in [0.4, 0.5) is 5.69 Å². The third-order valence-electron chi connectivity index (χ3n) is 4.81. The molecule has 2 aromatic rings. The first-order valence-electron chi connectivity index (χ1n) is 9.02. The molecule has 1 atom stereocenters. The first-order valence-corrected chi connectivity index (χ1v) is 9.02. The summed E-state index contributed by atoms with van der Waals surface area (Å²) in [5, 5.41) is 2.90. The predicted octanol–water partition coefficient (Wildman–Crippen LogP) is 3.47. The zero-order valence-electron chi connectivity index (χ0n) is 15.8. The summed E-state index contributed by atoms with van der Waals surface area (Å²) in [4.78, 5) is 26.6. The number of amides is 2. The molecule has 1 N–H and O–H groups in total. The number of rotatable bonds is 5. The van der Waals surface area contributed by atoms with Gasteiger partial charge in [-0.15, -0.1) is 0 Å². The molecule has 6 nitrogen and oxygen atoms in total.